The van der Waals surface area contributed by atoms with Crippen LogP contribution in [0, 0.1) is 5.82 Å². The fraction of sp³-hybridized carbons (Fsp3) is 0.176. The lowest BCUT2D eigenvalue weighted by Crippen LogP contribution is -2.21. The Balaban J connectivity index is 2.14. The highest BCUT2D eigenvalue weighted by molar-refractivity contribution is 6.37. The maximum Gasteiger partial charge on any atom is 0.354 e. The summed E-state index contributed by atoms with van der Waals surface area (Å²) < 4.78 is 17.9. The van der Waals surface area contributed by atoms with Crippen LogP contribution in [-0.4, -0.2) is 18.3 Å². The molecule has 0 spiro atoms. The molecule has 0 fully saturated rings. The molecular formula is C17H17FN2O2. The molecule has 0 saturated heterocycles. The molecule has 4 nitrogen and oxygen atoms in total. The number of carbonyl (C=O) groups is 1. The molecule has 0 aliphatic carbocycles. The summed E-state index contributed by atoms with van der Waals surface area (Å²) in [4.78, 5) is 12.0. The molecule has 0 aliphatic rings. The monoisotopic (exact) mass is 300 g/mol. The Labute approximate surface area is 128 Å². The third-order valence-corrected chi connectivity index (χ3v) is 2.89. The van der Waals surface area contributed by atoms with Crippen molar-refractivity contribution in [2.45, 2.75) is 13.3 Å². The van der Waals surface area contributed by atoms with Crippen LogP contribution in [-0.2, 0) is 16.0 Å². The van der Waals surface area contributed by atoms with Crippen LogP contribution in [0.2, 0.25) is 0 Å². The first kappa shape index (κ1) is 15.7. The summed E-state index contributed by atoms with van der Waals surface area (Å²) in [5.74, 6) is -0.801. The van der Waals surface area contributed by atoms with Crippen molar-refractivity contribution < 1.29 is 13.9 Å². The van der Waals surface area contributed by atoms with Gasteiger partial charge in [-0.15, -0.1) is 0 Å². The van der Waals surface area contributed by atoms with Gasteiger partial charge in [-0.25, -0.2) is 9.18 Å². The molecule has 0 atom stereocenters. The number of nitrogens with zero attached hydrogens (tertiary/aromatic N) is 1. The fourth-order valence-corrected chi connectivity index (χ4v) is 1.82. The summed E-state index contributed by atoms with van der Waals surface area (Å²) in [5.41, 5.74) is 4.56. The van der Waals surface area contributed by atoms with Gasteiger partial charge in [-0.2, -0.15) is 5.10 Å². The zero-order valence-corrected chi connectivity index (χ0v) is 12.3. The molecule has 5 heteroatoms. The Morgan fingerprint density at radius 2 is 1.82 bits per heavy atom. The van der Waals surface area contributed by atoms with Gasteiger partial charge in [-0.05, 0) is 36.8 Å². The molecule has 22 heavy (non-hydrogen) atoms. The van der Waals surface area contributed by atoms with Crippen LogP contribution in [0.5, 0.6) is 0 Å². The molecule has 0 bridgehead atoms. The van der Waals surface area contributed by atoms with Gasteiger partial charge in [0.15, 0.2) is 0 Å². The van der Waals surface area contributed by atoms with Gasteiger partial charge < -0.3 is 4.74 Å². The highest BCUT2D eigenvalue weighted by atomic mass is 19.1. The van der Waals surface area contributed by atoms with Crippen LogP contribution in [0.4, 0.5) is 10.1 Å². The minimum absolute atomic E-state index is 0.261. The summed E-state index contributed by atoms with van der Waals surface area (Å²) in [5, 5.41) is 4.11. The second-order valence-electron chi connectivity index (χ2n) is 4.56. The van der Waals surface area contributed by atoms with Crippen LogP contribution in [0.3, 0.4) is 0 Å². The topological polar surface area (TPSA) is 50.7 Å². The Morgan fingerprint density at radius 3 is 2.45 bits per heavy atom. The average molecular weight is 300 g/mol. The smallest absolute Gasteiger partial charge is 0.354 e. The summed E-state index contributed by atoms with van der Waals surface area (Å²) in [6.07, 6.45) is 0.355. The fourth-order valence-electron chi connectivity index (χ4n) is 1.82. The van der Waals surface area contributed by atoms with Gasteiger partial charge in [0, 0.05) is 6.42 Å². The number of hydrazone groups is 1. The number of anilines is 1. The van der Waals surface area contributed by atoms with E-state index in [4.69, 9.17) is 4.74 Å². The number of rotatable bonds is 6. The van der Waals surface area contributed by atoms with Gasteiger partial charge in [0.1, 0.15) is 11.5 Å². The van der Waals surface area contributed by atoms with Crippen molar-refractivity contribution in [2.24, 2.45) is 5.10 Å². The van der Waals surface area contributed by atoms with E-state index in [0.29, 0.717) is 12.1 Å². The van der Waals surface area contributed by atoms with E-state index in [1.54, 1.807) is 19.1 Å². The van der Waals surface area contributed by atoms with Gasteiger partial charge in [-0.3, -0.25) is 5.43 Å². The van der Waals surface area contributed by atoms with Crippen molar-refractivity contribution in [1.29, 1.82) is 0 Å². The SMILES string of the molecule is CCOC(=O)/C(Cc1ccccc1)=N\Nc1ccc(F)cc1. The zero-order chi connectivity index (χ0) is 15.8. The molecule has 0 amide bonds. The van der Waals surface area contributed by atoms with E-state index in [0.717, 1.165) is 5.56 Å². The summed E-state index contributed by atoms with van der Waals surface area (Å²) in [6.45, 7) is 2.02. The number of esters is 1. The van der Waals surface area contributed by atoms with Gasteiger partial charge in [0.25, 0.3) is 0 Å². The van der Waals surface area contributed by atoms with Crippen LogP contribution in [0.25, 0.3) is 0 Å². The largest absolute Gasteiger partial charge is 0.461 e. The Kier molecular flexibility index (Phi) is 5.65. The molecule has 0 radical (unpaired) electrons. The lowest BCUT2D eigenvalue weighted by molar-refractivity contribution is -0.135. The quantitative estimate of drug-likeness (QED) is 0.505. The predicted octanol–water partition coefficient (Wildman–Crippen LogP) is 3.40. The average Bonchev–Trinajstić information content (AvgIpc) is 2.54. The van der Waals surface area contributed by atoms with Crippen molar-refractivity contribution >= 4 is 17.4 Å². The van der Waals surface area contributed by atoms with Gasteiger partial charge in [0.05, 0.1) is 12.3 Å². The Hall–Kier alpha value is -2.69. The molecule has 2 rings (SSSR count). The Bertz CT molecular complexity index is 639. The first-order valence-electron chi connectivity index (χ1n) is 6.98. The molecule has 0 heterocycles. The van der Waals surface area contributed by atoms with E-state index in [2.05, 4.69) is 10.5 Å². The molecular weight excluding hydrogens is 283 g/mol. The third-order valence-electron chi connectivity index (χ3n) is 2.89. The van der Waals surface area contributed by atoms with Gasteiger partial charge >= 0.3 is 5.97 Å². The van der Waals surface area contributed by atoms with Crippen molar-refractivity contribution in [3.05, 3.63) is 66.0 Å². The minimum atomic E-state index is -0.471. The van der Waals surface area contributed by atoms with Crippen molar-refractivity contribution in [2.75, 3.05) is 12.0 Å². The highest BCUT2D eigenvalue weighted by Crippen LogP contribution is 2.09. The van der Waals surface area contributed by atoms with Crippen LogP contribution in [0.1, 0.15) is 12.5 Å². The molecule has 2 aromatic rings. The number of halogens is 1. The first-order valence-corrected chi connectivity index (χ1v) is 6.98. The highest BCUT2D eigenvalue weighted by Gasteiger charge is 2.13. The van der Waals surface area contributed by atoms with E-state index >= 15 is 0 Å². The maximum atomic E-state index is 12.9. The summed E-state index contributed by atoms with van der Waals surface area (Å²) in [7, 11) is 0. The number of hydrogen-bond donors (Lipinski definition) is 1. The van der Waals surface area contributed by atoms with Crippen molar-refractivity contribution in [3.8, 4) is 0 Å². The van der Waals surface area contributed by atoms with Crippen LogP contribution in [0.15, 0.2) is 59.7 Å². The zero-order valence-electron chi connectivity index (χ0n) is 12.3. The van der Waals surface area contributed by atoms with Crippen LogP contribution >= 0.6 is 0 Å². The second-order valence-corrected chi connectivity index (χ2v) is 4.56. The molecule has 114 valence electrons. The van der Waals surface area contributed by atoms with Crippen LogP contribution < -0.4 is 5.43 Å². The third kappa shape index (κ3) is 4.70. The van der Waals surface area contributed by atoms with Gasteiger partial charge in [-0.1, -0.05) is 30.3 Å². The lowest BCUT2D eigenvalue weighted by Gasteiger charge is -2.07. The summed E-state index contributed by atoms with van der Waals surface area (Å²) >= 11 is 0. The molecule has 1 N–H and O–H groups in total. The lowest BCUT2D eigenvalue weighted by atomic mass is 10.1. The maximum absolute atomic E-state index is 12.9. The number of carbonyl (C=O) groups excluding carboxylic acids is 1. The van der Waals surface area contributed by atoms with E-state index in [-0.39, 0.29) is 18.1 Å². The van der Waals surface area contributed by atoms with E-state index in [1.165, 1.54) is 12.1 Å². The Morgan fingerprint density at radius 1 is 1.14 bits per heavy atom. The second kappa shape index (κ2) is 7.93. The van der Waals surface area contributed by atoms with E-state index < -0.39 is 5.97 Å². The minimum Gasteiger partial charge on any atom is -0.461 e. The molecule has 0 aliphatic heterocycles. The number of ether oxygens (including phenoxy) is 1. The standard InChI is InChI=1S/C17H17FN2O2/c1-2-22-17(21)16(12-13-6-4-3-5-7-13)20-19-15-10-8-14(18)9-11-15/h3-11,19H,2,12H2,1H3/b20-16-. The summed E-state index contributed by atoms with van der Waals surface area (Å²) in [6, 6.07) is 15.2. The van der Waals surface area contributed by atoms with Crippen molar-refractivity contribution in [3.63, 3.8) is 0 Å². The number of benzene rings is 2. The predicted molar refractivity (Wildman–Crippen MR) is 84.2 cm³/mol. The molecule has 0 saturated carbocycles. The van der Waals surface area contributed by atoms with Crippen molar-refractivity contribution in [1.82, 2.24) is 0 Å². The molecule has 2 aromatic carbocycles. The number of hydrogen-bond acceptors (Lipinski definition) is 4. The molecule has 0 aromatic heterocycles. The van der Waals surface area contributed by atoms with Gasteiger partial charge in [0.2, 0.25) is 0 Å². The first-order chi connectivity index (χ1) is 10.7. The van der Waals surface area contributed by atoms with E-state index in [1.807, 2.05) is 30.3 Å². The normalized spacial score (nSPS) is 11.1. The van der Waals surface area contributed by atoms with E-state index in [9.17, 15) is 9.18 Å². The molecule has 0 unspecified atom stereocenters. The number of nitrogens with one attached hydrogen (secondary N) is 1.